The van der Waals surface area contributed by atoms with E-state index in [1.54, 1.807) is 7.11 Å². The van der Waals surface area contributed by atoms with Gasteiger partial charge in [0.25, 0.3) is 0 Å². The fourth-order valence-electron chi connectivity index (χ4n) is 1.75. The highest BCUT2D eigenvalue weighted by atomic mass is 28.4. The molecule has 0 N–H and O–H groups in total. The molecular formula is C13H28O4Si. The van der Waals surface area contributed by atoms with Gasteiger partial charge < -0.3 is 18.3 Å². The van der Waals surface area contributed by atoms with E-state index in [1.165, 1.54) is 0 Å². The second kappa shape index (κ2) is 7.60. The average molecular weight is 276 g/mol. The maximum absolute atomic E-state index is 5.73. The molecule has 0 atom stereocenters. The van der Waals surface area contributed by atoms with Crippen LogP contribution in [0.2, 0.25) is 13.1 Å². The number of rotatable bonds is 10. The Kier molecular flexibility index (Phi) is 6.80. The van der Waals surface area contributed by atoms with Crippen molar-refractivity contribution in [3.05, 3.63) is 0 Å². The topological polar surface area (TPSA) is 36.9 Å². The quantitative estimate of drug-likeness (QED) is 0.454. The zero-order valence-corrected chi connectivity index (χ0v) is 13.3. The monoisotopic (exact) mass is 276 g/mol. The van der Waals surface area contributed by atoms with Gasteiger partial charge in [0, 0.05) is 25.7 Å². The van der Waals surface area contributed by atoms with Crippen LogP contribution in [0.4, 0.5) is 0 Å². The van der Waals surface area contributed by atoms with Crippen molar-refractivity contribution in [2.45, 2.75) is 39.3 Å². The summed E-state index contributed by atoms with van der Waals surface area (Å²) >= 11 is 0. The lowest BCUT2D eigenvalue weighted by atomic mass is 9.84. The van der Waals surface area contributed by atoms with E-state index in [2.05, 4.69) is 20.0 Å². The van der Waals surface area contributed by atoms with Crippen molar-refractivity contribution in [1.29, 1.82) is 0 Å². The highest BCUT2D eigenvalue weighted by Crippen LogP contribution is 2.31. The molecule has 0 aromatic heterocycles. The fourth-order valence-corrected chi connectivity index (χ4v) is 2.51. The molecule has 18 heavy (non-hydrogen) atoms. The summed E-state index contributed by atoms with van der Waals surface area (Å²) in [5.41, 5.74) is 0.307. The first kappa shape index (κ1) is 16.1. The summed E-state index contributed by atoms with van der Waals surface area (Å²) in [4.78, 5) is 0. The minimum absolute atomic E-state index is 0.307. The van der Waals surface area contributed by atoms with E-state index < -0.39 is 8.56 Å². The Hall–Kier alpha value is 0.0569. The third kappa shape index (κ3) is 5.36. The molecule has 4 nitrogen and oxygen atoms in total. The third-order valence-corrected chi connectivity index (χ3v) is 5.48. The van der Waals surface area contributed by atoms with Gasteiger partial charge in [-0.2, -0.15) is 0 Å². The zero-order valence-electron chi connectivity index (χ0n) is 12.3. The van der Waals surface area contributed by atoms with Gasteiger partial charge in [0.05, 0.1) is 19.8 Å². The molecule has 0 amide bonds. The molecule has 0 spiro atoms. The van der Waals surface area contributed by atoms with Gasteiger partial charge in [0.2, 0.25) is 0 Å². The molecular weight excluding hydrogens is 248 g/mol. The van der Waals surface area contributed by atoms with E-state index in [1.807, 2.05) is 0 Å². The summed E-state index contributed by atoms with van der Waals surface area (Å²) in [6.07, 6.45) is 3.23. The molecule has 1 aliphatic heterocycles. The van der Waals surface area contributed by atoms with Crippen molar-refractivity contribution in [1.82, 2.24) is 0 Å². The lowest BCUT2D eigenvalue weighted by molar-refractivity contribution is -0.150. The van der Waals surface area contributed by atoms with Gasteiger partial charge in [-0.05, 0) is 32.4 Å². The molecule has 0 bridgehead atoms. The van der Waals surface area contributed by atoms with Gasteiger partial charge in [0.15, 0.2) is 0 Å². The number of hydrogen-bond acceptors (Lipinski definition) is 4. The summed E-state index contributed by atoms with van der Waals surface area (Å²) in [5, 5.41) is 0. The number of ether oxygens (including phenoxy) is 2. The lowest BCUT2D eigenvalue weighted by Crippen LogP contribution is -2.45. The number of hydrogen-bond donors (Lipinski definition) is 0. The standard InChI is InChI=1S/C13H28O4Si/c1-5-13(11-16-12-13)10-15-8-6-7-9-17-18(3,4)14-2/h5-12H2,1-4H3. The molecule has 1 saturated heterocycles. The molecule has 0 aromatic rings. The molecule has 108 valence electrons. The van der Waals surface area contributed by atoms with Crippen molar-refractivity contribution < 1.29 is 18.3 Å². The van der Waals surface area contributed by atoms with Crippen LogP contribution in [0.5, 0.6) is 0 Å². The first-order chi connectivity index (χ1) is 8.54. The Morgan fingerprint density at radius 2 is 1.83 bits per heavy atom. The Morgan fingerprint density at radius 3 is 2.33 bits per heavy atom. The maximum atomic E-state index is 5.73. The van der Waals surface area contributed by atoms with E-state index in [4.69, 9.17) is 18.3 Å². The Morgan fingerprint density at radius 1 is 1.17 bits per heavy atom. The molecule has 1 rings (SSSR count). The minimum atomic E-state index is -1.84. The normalized spacial score (nSPS) is 18.7. The molecule has 0 aliphatic carbocycles. The van der Waals surface area contributed by atoms with Gasteiger partial charge in [-0.25, -0.2) is 0 Å². The third-order valence-electron chi connectivity index (χ3n) is 3.60. The van der Waals surface area contributed by atoms with Crippen LogP contribution in [0, 0.1) is 5.41 Å². The van der Waals surface area contributed by atoms with Crippen LogP contribution >= 0.6 is 0 Å². The van der Waals surface area contributed by atoms with E-state index in [9.17, 15) is 0 Å². The van der Waals surface area contributed by atoms with Crippen molar-refractivity contribution in [2.24, 2.45) is 5.41 Å². The van der Waals surface area contributed by atoms with Crippen molar-refractivity contribution >= 4 is 8.56 Å². The molecule has 1 fully saturated rings. The molecule has 1 heterocycles. The summed E-state index contributed by atoms with van der Waals surface area (Å²) in [7, 11) is -0.113. The molecule has 0 aromatic carbocycles. The minimum Gasteiger partial charge on any atom is -0.398 e. The summed E-state index contributed by atoms with van der Waals surface area (Å²) in [6, 6.07) is 0. The molecule has 1 aliphatic rings. The highest BCUT2D eigenvalue weighted by Gasteiger charge is 2.36. The van der Waals surface area contributed by atoms with Crippen LogP contribution < -0.4 is 0 Å². The van der Waals surface area contributed by atoms with E-state index in [0.717, 1.165) is 52.3 Å². The Balaban J connectivity index is 1.93. The first-order valence-electron chi connectivity index (χ1n) is 6.88. The van der Waals surface area contributed by atoms with Crippen LogP contribution in [-0.2, 0) is 18.3 Å². The lowest BCUT2D eigenvalue weighted by Gasteiger charge is -2.40. The average Bonchev–Trinajstić information content (AvgIpc) is 2.31. The largest absolute Gasteiger partial charge is 0.398 e. The van der Waals surface area contributed by atoms with Crippen molar-refractivity contribution in [3.8, 4) is 0 Å². The van der Waals surface area contributed by atoms with Crippen molar-refractivity contribution in [2.75, 3.05) is 40.1 Å². The van der Waals surface area contributed by atoms with Gasteiger partial charge in [-0.15, -0.1) is 0 Å². The molecule has 0 saturated carbocycles. The van der Waals surface area contributed by atoms with Gasteiger partial charge >= 0.3 is 8.56 Å². The van der Waals surface area contributed by atoms with Crippen LogP contribution in [0.1, 0.15) is 26.2 Å². The van der Waals surface area contributed by atoms with Gasteiger partial charge in [-0.3, -0.25) is 0 Å². The molecule has 5 heteroatoms. The smallest absolute Gasteiger partial charge is 0.331 e. The zero-order chi connectivity index (χ0) is 13.5. The van der Waals surface area contributed by atoms with Crippen LogP contribution in [0.25, 0.3) is 0 Å². The Bertz CT molecular complexity index is 224. The van der Waals surface area contributed by atoms with E-state index in [-0.39, 0.29) is 0 Å². The molecule has 0 radical (unpaired) electrons. The predicted molar refractivity (Wildman–Crippen MR) is 74.0 cm³/mol. The van der Waals surface area contributed by atoms with Gasteiger partial charge in [-0.1, -0.05) is 6.92 Å². The van der Waals surface area contributed by atoms with Crippen molar-refractivity contribution in [3.63, 3.8) is 0 Å². The van der Waals surface area contributed by atoms with E-state index in [0.29, 0.717) is 5.41 Å². The summed E-state index contributed by atoms with van der Waals surface area (Å²) in [5.74, 6) is 0. The van der Waals surface area contributed by atoms with Crippen LogP contribution in [0.3, 0.4) is 0 Å². The second-order valence-corrected chi connectivity index (χ2v) is 9.06. The SMILES string of the molecule is CCC1(COCCCCO[Si](C)(C)OC)COC1. The highest BCUT2D eigenvalue weighted by molar-refractivity contribution is 6.64. The summed E-state index contributed by atoms with van der Waals surface area (Å²) < 4.78 is 22.0. The second-order valence-electron chi connectivity index (χ2n) is 5.56. The first-order valence-corrected chi connectivity index (χ1v) is 9.70. The van der Waals surface area contributed by atoms with Gasteiger partial charge in [0.1, 0.15) is 0 Å². The summed E-state index contributed by atoms with van der Waals surface area (Å²) in [6.45, 7) is 10.5. The van der Waals surface area contributed by atoms with Crippen LogP contribution in [-0.4, -0.2) is 48.7 Å². The number of unbranched alkanes of at least 4 members (excludes halogenated alkanes) is 1. The fraction of sp³-hybridized carbons (Fsp3) is 1.00. The van der Waals surface area contributed by atoms with Crippen LogP contribution in [0.15, 0.2) is 0 Å². The predicted octanol–water partition coefficient (Wildman–Crippen LogP) is 2.57. The Labute approximate surface area is 112 Å². The van der Waals surface area contributed by atoms with E-state index >= 15 is 0 Å². The molecule has 0 unspecified atom stereocenters. The maximum Gasteiger partial charge on any atom is 0.331 e.